The molecule has 1 aromatic heterocycles. The summed E-state index contributed by atoms with van der Waals surface area (Å²) in [7, 11) is 0. The Morgan fingerprint density at radius 3 is 2.61 bits per heavy atom. The van der Waals surface area contributed by atoms with Gasteiger partial charge in [-0.25, -0.2) is 4.98 Å². The van der Waals surface area contributed by atoms with Gasteiger partial charge in [-0.05, 0) is 60.4 Å². The molecule has 2 aliphatic heterocycles. The van der Waals surface area contributed by atoms with E-state index in [1.165, 1.54) is 0 Å². The van der Waals surface area contributed by atoms with Crippen molar-refractivity contribution < 1.29 is 24.2 Å². The number of imidazole rings is 1. The number of aliphatic hydroxyl groups excluding tert-OH is 1. The molecule has 1 fully saturated rings. The van der Waals surface area contributed by atoms with Crippen LogP contribution in [0.25, 0.3) is 5.76 Å². The van der Waals surface area contributed by atoms with Gasteiger partial charge in [0.2, 0.25) is 0 Å². The Hall–Kier alpha value is -4.85. The van der Waals surface area contributed by atoms with Crippen molar-refractivity contribution in [3.63, 3.8) is 0 Å². The van der Waals surface area contributed by atoms with E-state index in [-0.39, 0.29) is 17.4 Å². The first-order valence-corrected chi connectivity index (χ1v) is 13.8. The number of benzene rings is 3. The Labute approximate surface area is 238 Å². The van der Waals surface area contributed by atoms with E-state index in [1.54, 1.807) is 23.5 Å². The number of ketones is 1. The Balaban J connectivity index is 1.31. The predicted octanol–water partition coefficient (Wildman–Crippen LogP) is 5.30. The molecule has 0 unspecified atom stereocenters. The van der Waals surface area contributed by atoms with Gasteiger partial charge < -0.3 is 24.0 Å². The van der Waals surface area contributed by atoms with Gasteiger partial charge in [0, 0.05) is 37.5 Å². The minimum Gasteiger partial charge on any atom is -0.507 e. The third-order valence-corrected chi connectivity index (χ3v) is 7.53. The lowest BCUT2D eigenvalue weighted by Gasteiger charge is -2.25. The fourth-order valence-electron chi connectivity index (χ4n) is 5.51. The first kappa shape index (κ1) is 26.4. The van der Waals surface area contributed by atoms with E-state index in [2.05, 4.69) is 4.98 Å². The number of carbonyl (C=O) groups excluding carboxylic acids is 2. The minimum absolute atomic E-state index is 0.0473. The maximum absolute atomic E-state index is 13.4. The molecular formula is C33H31N3O5. The molecule has 8 heteroatoms. The van der Waals surface area contributed by atoms with Crippen LogP contribution in [0.1, 0.15) is 41.6 Å². The summed E-state index contributed by atoms with van der Waals surface area (Å²) in [5, 5.41) is 11.5. The number of ether oxygens (including phenoxy) is 2. The predicted molar refractivity (Wildman–Crippen MR) is 153 cm³/mol. The van der Waals surface area contributed by atoms with Crippen molar-refractivity contribution in [2.75, 3.05) is 6.54 Å². The average Bonchev–Trinajstić information content (AvgIpc) is 3.71. The highest BCUT2D eigenvalue weighted by Gasteiger charge is 2.45. The van der Waals surface area contributed by atoms with Crippen molar-refractivity contribution in [3.05, 3.63) is 119 Å². The summed E-state index contributed by atoms with van der Waals surface area (Å²) in [6.07, 6.45) is 6.66. The SMILES string of the molecule is C[C@@H]1Cc2cc(/C(O)=C3\C(=O)C(=O)N(CCCn4ccnc4)[C@@H]3c3ccc(OCc4ccccc4)cc3)ccc2O1. The number of aliphatic hydroxyl groups is 1. The van der Waals surface area contributed by atoms with E-state index in [1.807, 2.05) is 84.4 Å². The lowest BCUT2D eigenvalue weighted by Crippen LogP contribution is -2.31. The summed E-state index contributed by atoms with van der Waals surface area (Å²) in [4.78, 5) is 32.4. The molecule has 4 aromatic rings. The minimum atomic E-state index is -0.732. The molecule has 0 spiro atoms. The summed E-state index contributed by atoms with van der Waals surface area (Å²) in [6, 6.07) is 21.9. The van der Waals surface area contributed by atoms with Gasteiger partial charge in [0.1, 0.15) is 30.0 Å². The molecule has 208 valence electrons. The van der Waals surface area contributed by atoms with Crippen LogP contribution < -0.4 is 9.47 Å². The molecule has 1 saturated heterocycles. The number of hydrogen-bond acceptors (Lipinski definition) is 6. The lowest BCUT2D eigenvalue weighted by atomic mass is 9.94. The van der Waals surface area contributed by atoms with Crippen molar-refractivity contribution in [2.45, 2.75) is 45.1 Å². The molecule has 1 amide bonds. The molecule has 2 aliphatic rings. The van der Waals surface area contributed by atoms with E-state index in [0.717, 1.165) is 22.4 Å². The van der Waals surface area contributed by atoms with Crippen molar-refractivity contribution in [1.29, 1.82) is 0 Å². The van der Waals surface area contributed by atoms with Crippen LogP contribution in [-0.2, 0) is 29.2 Å². The summed E-state index contributed by atoms with van der Waals surface area (Å²) < 4.78 is 13.7. The van der Waals surface area contributed by atoms with Crippen LogP contribution in [0.15, 0.2) is 97.1 Å². The average molecular weight is 550 g/mol. The maximum Gasteiger partial charge on any atom is 0.295 e. The number of likely N-dealkylation sites (tertiary alicyclic amines) is 1. The summed E-state index contributed by atoms with van der Waals surface area (Å²) >= 11 is 0. The zero-order valence-corrected chi connectivity index (χ0v) is 22.8. The number of rotatable bonds is 9. The number of amides is 1. The number of fused-ring (bicyclic) bond motifs is 1. The van der Waals surface area contributed by atoms with Gasteiger partial charge in [0.15, 0.2) is 0 Å². The van der Waals surface area contributed by atoms with E-state index in [4.69, 9.17) is 9.47 Å². The van der Waals surface area contributed by atoms with Gasteiger partial charge in [-0.3, -0.25) is 9.59 Å². The van der Waals surface area contributed by atoms with Crippen molar-refractivity contribution in [2.24, 2.45) is 0 Å². The number of aromatic nitrogens is 2. The molecule has 0 aliphatic carbocycles. The summed E-state index contributed by atoms with van der Waals surface area (Å²) in [5.41, 5.74) is 3.32. The van der Waals surface area contributed by atoms with Crippen LogP contribution >= 0.6 is 0 Å². The van der Waals surface area contributed by atoms with Gasteiger partial charge in [-0.1, -0.05) is 42.5 Å². The standard InChI is InChI=1S/C33H31N3O5/c1-22-18-26-19-25(10-13-28(26)41-22)31(37)29-30(36(33(39)32(29)38)16-5-15-35-17-14-34-21-35)24-8-11-27(12-9-24)40-20-23-6-3-2-4-7-23/h2-4,6-14,17,19,21-22,30,37H,5,15-16,18,20H2,1H3/b31-29+/t22-,30-/m1/s1. The summed E-state index contributed by atoms with van der Waals surface area (Å²) in [6.45, 7) is 3.40. The van der Waals surface area contributed by atoms with E-state index >= 15 is 0 Å². The second kappa shape index (κ2) is 11.3. The molecule has 0 bridgehead atoms. The van der Waals surface area contributed by atoms with Gasteiger partial charge >= 0.3 is 0 Å². The Morgan fingerprint density at radius 2 is 1.85 bits per heavy atom. The maximum atomic E-state index is 13.4. The van der Waals surface area contributed by atoms with Crippen molar-refractivity contribution >= 4 is 17.4 Å². The van der Waals surface area contributed by atoms with E-state index in [9.17, 15) is 14.7 Å². The number of nitrogens with zero attached hydrogens (tertiary/aromatic N) is 3. The monoisotopic (exact) mass is 549 g/mol. The van der Waals surface area contributed by atoms with Gasteiger partial charge in [0.25, 0.3) is 11.7 Å². The second-order valence-electron chi connectivity index (χ2n) is 10.4. The topological polar surface area (TPSA) is 93.9 Å². The smallest absolute Gasteiger partial charge is 0.295 e. The number of hydrogen-bond donors (Lipinski definition) is 1. The molecular weight excluding hydrogens is 518 g/mol. The highest BCUT2D eigenvalue weighted by molar-refractivity contribution is 6.46. The molecule has 2 atom stereocenters. The fraction of sp³-hybridized carbons (Fsp3) is 0.242. The zero-order valence-electron chi connectivity index (χ0n) is 22.8. The summed E-state index contributed by atoms with van der Waals surface area (Å²) in [5.74, 6) is -0.0504. The molecule has 8 nitrogen and oxygen atoms in total. The molecule has 1 N–H and O–H groups in total. The number of carbonyl (C=O) groups is 2. The Bertz CT molecular complexity index is 1580. The van der Waals surface area contributed by atoms with Gasteiger partial charge in [-0.2, -0.15) is 0 Å². The number of aryl methyl sites for hydroxylation is 1. The van der Waals surface area contributed by atoms with Crippen molar-refractivity contribution in [3.8, 4) is 11.5 Å². The first-order chi connectivity index (χ1) is 20.0. The highest BCUT2D eigenvalue weighted by atomic mass is 16.5. The van der Waals surface area contributed by atoms with Gasteiger partial charge in [0.05, 0.1) is 17.9 Å². The van der Waals surface area contributed by atoms with Crippen LogP contribution in [-0.4, -0.2) is 43.9 Å². The van der Waals surface area contributed by atoms with Gasteiger partial charge in [-0.15, -0.1) is 0 Å². The van der Waals surface area contributed by atoms with Crippen molar-refractivity contribution in [1.82, 2.24) is 14.5 Å². The van der Waals surface area contributed by atoms with Crippen LogP contribution in [0, 0.1) is 0 Å². The Kier molecular flexibility index (Phi) is 7.29. The van der Waals surface area contributed by atoms with E-state index in [0.29, 0.717) is 43.9 Å². The second-order valence-corrected chi connectivity index (χ2v) is 10.4. The van der Waals surface area contributed by atoms with E-state index < -0.39 is 17.7 Å². The third-order valence-electron chi connectivity index (χ3n) is 7.53. The van der Waals surface area contributed by atoms with Crippen LogP contribution in [0.5, 0.6) is 11.5 Å². The zero-order chi connectivity index (χ0) is 28.3. The third kappa shape index (κ3) is 5.45. The molecule has 0 radical (unpaired) electrons. The first-order valence-electron chi connectivity index (χ1n) is 13.8. The van der Waals surface area contributed by atoms with Crippen LogP contribution in [0.3, 0.4) is 0 Å². The lowest BCUT2D eigenvalue weighted by molar-refractivity contribution is -0.139. The molecule has 41 heavy (non-hydrogen) atoms. The molecule has 0 saturated carbocycles. The van der Waals surface area contributed by atoms with Crippen LogP contribution in [0.2, 0.25) is 0 Å². The fourth-order valence-corrected chi connectivity index (χ4v) is 5.51. The molecule has 6 rings (SSSR count). The highest BCUT2D eigenvalue weighted by Crippen LogP contribution is 2.41. The van der Waals surface area contributed by atoms with Crippen LogP contribution in [0.4, 0.5) is 0 Å². The quantitative estimate of drug-likeness (QED) is 0.173. The Morgan fingerprint density at radius 1 is 1.05 bits per heavy atom. The largest absolute Gasteiger partial charge is 0.507 e. The molecule has 3 aromatic carbocycles. The normalized spacial score (nSPS) is 19.3. The number of Topliss-reactive ketones (excluding diaryl/α,β-unsaturated/α-hetero) is 1. The molecule has 3 heterocycles.